The number of ether oxygens (including phenoxy) is 1. The summed E-state index contributed by atoms with van der Waals surface area (Å²) in [6.07, 6.45) is 5.51. The van der Waals surface area contributed by atoms with Crippen molar-refractivity contribution in [3.05, 3.63) is 0 Å². The quantitative estimate of drug-likeness (QED) is 0.442. The van der Waals surface area contributed by atoms with Crippen LogP contribution in [0.5, 0.6) is 0 Å². The lowest BCUT2D eigenvalue weighted by Crippen LogP contribution is -2.46. The third-order valence-electron chi connectivity index (χ3n) is 3.20. The molecule has 0 N–H and O–H groups in total. The Balaban J connectivity index is 4.59. The van der Waals surface area contributed by atoms with Crippen LogP contribution in [0.2, 0.25) is 0 Å². The lowest BCUT2D eigenvalue weighted by molar-refractivity contribution is -0.150. The second-order valence-corrected chi connectivity index (χ2v) is 5.10. The summed E-state index contributed by atoms with van der Waals surface area (Å²) in [5.41, 5.74) is 0. The molecule has 0 aromatic carbocycles. The molecule has 0 amide bonds. The lowest BCUT2D eigenvalue weighted by Gasteiger charge is -2.33. The molecule has 0 aliphatic carbocycles. The van der Waals surface area contributed by atoms with E-state index in [4.69, 9.17) is 4.74 Å². The molecule has 18 heavy (non-hydrogen) atoms. The maximum absolute atomic E-state index is 12.0. The third kappa shape index (κ3) is 6.39. The van der Waals surface area contributed by atoms with E-state index in [-0.39, 0.29) is 12.0 Å². The number of rotatable bonds is 10. The molecule has 0 aromatic heterocycles. The van der Waals surface area contributed by atoms with Gasteiger partial charge in [0.25, 0.3) is 0 Å². The minimum absolute atomic E-state index is 0.0513. The summed E-state index contributed by atoms with van der Waals surface area (Å²) in [5, 5.41) is 0. The second kappa shape index (κ2) is 10.4. The minimum Gasteiger partial charge on any atom is -0.465 e. The van der Waals surface area contributed by atoms with E-state index in [0.717, 1.165) is 25.8 Å². The molecule has 0 saturated carbocycles. The Morgan fingerprint density at radius 2 is 1.78 bits per heavy atom. The Labute approximate surface area is 113 Å². The first-order valence-electron chi connectivity index (χ1n) is 7.50. The van der Waals surface area contributed by atoms with Gasteiger partial charge in [0.05, 0.1) is 6.61 Å². The number of carbonyl (C=O) groups is 1. The molecule has 0 aliphatic rings. The normalized spacial score (nSPS) is 13.1. The highest BCUT2D eigenvalue weighted by Gasteiger charge is 2.27. The number of hydrogen-bond acceptors (Lipinski definition) is 3. The first kappa shape index (κ1) is 17.4. The molecule has 0 fully saturated rings. The van der Waals surface area contributed by atoms with Crippen molar-refractivity contribution in [2.75, 3.05) is 13.2 Å². The smallest absolute Gasteiger partial charge is 0.323 e. The molecule has 0 rings (SSSR count). The van der Waals surface area contributed by atoms with E-state index in [1.54, 1.807) is 0 Å². The standard InChI is InChI=1S/C15H31NO2/c1-6-9-10-12-16(13(4)5)14(11-7-2)15(17)18-8-3/h13-14H,6-12H2,1-5H3. The molecule has 0 heterocycles. The van der Waals surface area contributed by atoms with Crippen LogP contribution in [0.4, 0.5) is 0 Å². The predicted octanol–water partition coefficient (Wildman–Crippen LogP) is 3.62. The van der Waals surface area contributed by atoms with E-state index in [9.17, 15) is 4.79 Å². The highest BCUT2D eigenvalue weighted by Crippen LogP contribution is 2.15. The minimum atomic E-state index is -0.0631. The fourth-order valence-corrected chi connectivity index (χ4v) is 2.25. The van der Waals surface area contributed by atoms with Crippen LogP contribution in [-0.2, 0) is 9.53 Å². The molecular formula is C15H31NO2. The predicted molar refractivity (Wildman–Crippen MR) is 76.7 cm³/mol. The van der Waals surface area contributed by atoms with E-state index < -0.39 is 0 Å². The fourth-order valence-electron chi connectivity index (χ4n) is 2.25. The topological polar surface area (TPSA) is 29.5 Å². The van der Waals surface area contributed by atoms with Crippen LogP contribution in [0.25, 0.3) is 0 Å². The molecule has 0 bridgehead atoms. The van der Waals surface area contributed by atoms with Crippen LogP contribution < -0.4 is 0 Å². The summed E-state index contributed by atoms with van der Waals surface area (Å²) in [4.78, 5) is 14.4. The molecule has 1 atom stereocenters. The number of esters is 1. The van der Waals surface area contributed by atoms with Crippen LogP contribution in [-0.4, -0.2) is 36.1 Å². The molecule has 0 spiro atoms. The molecule has 0 aliphatic heterocycles. The molecule has 108 valence electrons. The van der Waals surface area contributed by atoms with Gasteiger partial charge in [-0.05, 0) is 40.2 Å². The Morgan fingerprint density at radius 3 is 2.22 bits per heavy atom. The van der Waals surface area contributed by atoms with Crippen molar-refractivity contribution in [3.8, 4) is 0 Å². The zero-order valence-corrected chi connectivity index (χ0v) is 12.9. The van der Waals surface area contributed by atoms with Crippen molar-refractivity contribution in [1.82, 2.24) is 4.90 Å². The van der Waals surface area contributed by atoms with Crippen LogP contribution >= 0.6 is 0 Å². The summed E-state index contributed by atoms with van der Waals surface area (Å²) in [6, 6.07) is 0.328. The van der Waals surface area contributed by atoms with E-state index in [0.29, 0.717) is 12.6 Å². The first-order chi connectivity index (χ1) is 8.58. The van der Waals surface area contributed by atoms with E-state index in [2.05, 4.69) is 32.6 Å². The molecular weight excluding hydrogens is 226 g/mol. The SMILES string of the molecule is CCCCCN(C(C)C)C(CCC)C(=O)OCC. The zero-order valence-electron chi connectivity index (χ0n) is 12.9. The zero-order chi connectivity index (χ0) is 14.0. The van der Waals surface area contributed by atoms with Gasteiger partial charge in [0, 0.05) is 6.04 Å². The van der Waals surface area contributed by atoms with Crippen LogP contribution in [0, 0.1) is 0 Å². The first-order valence-corrected chi connectivity index (χ1v) is 7.50. The maximum atomic E-state index is 12.0. The number of hydrogen-bond donors (Lipinski definition) is 0. The monoisotopic (exact) mass is 257 g/mol. The Bertz CT molecular complexity index is 217. The van der Waals surface area contributed by atoms with E-state index in [1.807, 2.05) is 6.92 Å². The van der Waals surface area contributed by atoms with Crippen LogP contribution in [0.3, 0.4) is 0 Å². The molecule has 3 heteroatoms. The molecule has 0 saturated heterocycles. The van der Waals surface area contributed by atoms with Gasteiger partial charge in [0.1, 0.15) is 6.04 Å². The van der Waals surface area contributed by atoms with Crippen LogP contribution in [0.15, 0.2) is 0 Å². The third-order valence-corrected chi connectivity index (χ3v) is 3.20. The van der Waals surface area contributed by atoms with Crippen molar-refractivity contribution >= 4 is 5.97 Å². The van der Waals surface area contributed by atoms with Gasteiger partial charge in [-0.1, -0.05) is 33.1 Å². The van der Waals surface area contributed by atoms with Gasteiger partial charge < -0.3 is 4.74 Å². The average Bonchev–Trinajstić information content (AvgIpc) is 2.32. The van der Waals surface area contributed by atoms with Crippen molar-refractivity contribution in [2.24, 2.45) is 0 Å². The summed E-state index contributed by atoms with van der Waals surface area (Å²) in [7, 11) is 0. The summed E-state index contributed by atoms with van der Waals surface area (Å²) in [5.74, 6) is -0.0513. The number of carbonyl (C=O) groups excluding carboxylic acids is 1. The van der Waals surface area contributed by atoms with Gasteiger partial charge in [-0.2, -0.15) is 0 Å². The van der Waals surface area contributed by atoms with E-state index >= 15 is 0 Å². The average molecular weight is 257 g/mol. The van der Waals surface area contributed by atoms with Crippen molar-refractivity contribution in [1.29, 1.82) is 0 Å². The Morgan fingerprint density at radius 1 is 1.11 bits per heavy atom. The largest absolute Gasteiger partial charge is 0.465 e. The van der Waals surface area contributed by atoms with Gasteiger partial charge in [-0.3, -0.25) is 9.69 Å². The molecule has 1 unspecified atom stereocenters. The number of nitrogens with zero attached hydrogens (tertiary/aromatic N) is 1. The summed E-state index contributed by atoms with van der Waals surface area (Å²) in [6.45, 7) is 12.0. The Hall–Kier alpha value is -0.570. The Kier molecular flexibility index (Phi) is 10.0. The lowest BCUT2D eigenvalue weighted by atomic mass is 10.1. The molecule has 0 radical (unpaired) electrons. The van der Waals surface area contributed by atoms with Crippen molar-refractivity contribution in [3.63, 3.8) is 0 Å². The van der Waals surface area contributed by atoms with Gasteiger partial charge in [0.2, 0.25) is 0 Å². The highest BCUT2D eigenvalue weighted by atomic mass is 16.5. The highest BCUT2D eigenvalue weighted by molar-refractivity contribution is 5.75. The summed E-state index contributed by atoms with van der Waals surface area (Å²) < 4.78 is 5.21. The van der Waals surface area contributed by atoms with Gasteiger partial charge in [0.15, 0.2) is 0 Å². The second-order valence-electron chi connectivity index (χ2n) is 5.10. The van der Waals surface area contributed by atoms with Crippen LogP contribution in [0.1, 0.15) is 66.7 Å². The molecule has 3 nitrogen and oxygen atoms in total. The maximum Gasteiger partial charge on any atom is 0.323 e. The van der Waals surface area contributed by atoms with Gasteiger partial charge in [-0.15, -0.1) is 0 Å². The summed E-state index contributed by atoms with van der Waals surface area (Å²) >= 11 is 0. The molecule has 0 aromatic rings. The van der Waals surface area contributed by atoms with Gasteiger partial charge in [-0.25, -0.2) is 0 Å². The van der Waals surface area contributed by atoms with Crippen molar-refractivity contribution < 1.29 is 9.53 Å². The van der Waals surface area contributed by atoms with Gasteiger partial charge >= 0.3 is 5.97 Å². The number of unbranched alkanes of at least 4 members (excludes halogenated alkanes) is 2. The fraction of sp³-hybridized carbons (Fsp3) is 0.933. The van der Waals surface area contributed by atoms with E-state index in [1.165, 1.54) is 12.8 Å². The van der Waals surface area contributed by atoms with Crippen molar-refractivity contribution in [2.45, 2.75) is 78.8 Å².